The van der Waals surface area contributed by atoms with Crippen LogP contribution in [0.2, 0.25) is 0 Å². The molecule has 0 saturated carbocycles. The number of halogens is 1. The Hall–Kier alpha value is -3.08. The third-order valence-corrected chi connectivity index (χ3v) is 3.82. The van der Waals surface area contributed by atoms with E-state index in [2.05, 4.69) is 15.1 Å². The van der Waals surface area contributed by atoms with E-state index in [9.17, 15) is 4.39 Å². The van der Waals surface area contributed by atoms with Crippen molar-refractivity contribution in [3.8, 4) is 22.4 Å². The number of benzene rings is 1. The highest BCUT2D eigenvalue weighted by atomic mass is 19.1. The Morgan fingerprint density at radius 2 is 1.87 bits per heavy atom. The molecule has 0 aliphatic rings. The minimum absolute atomic E-state index is 0.213. The summed E-state index contributed by atoms with van der Waals surface area (Å²) < 4.78 is 15.3. The van der Waals surface area contributed by atoms with E-state index >= 15 is 0 Å². The zero-order valence-corrected chi connectivity index (χ0v) is 12.4. The number of rotatable bonds is 2. The van der Waals surface area contributed by atoms with E-state index in [0.717, 1.165) is 28.0 Å². The molecule has 0 bridgehead atoms. The summed E-state index contributed by atoms with van der Waals surface area (Å²) in [7, 11) is 0. The van der Waals surface area contributed by atoms with Gasteiger partial charge in [-0.3, -0.25) is 4.98 Å². The monoisotopic (exact) mass is 304 g/mol. The largest absolute Gasteiger partial charge is 0.256 e. The Morgan fingerprint density at radius 3 is 2.74 bits per heavy atom. The van der Waals surface area contributed by atoms with E-state index in [1.54, 1.807) is 23.7 Å². The van der Waals surface area contributed by atoms with Crippen molar-refractivity contribution in [2.24, 2.45) is 0 Å². The average Bonchev–Trinajstić information content (AvgIpc) is 3.05. The Bertz CT molecular complexity index is 1010. The van der Waals surface area contributed by atoms with Crippen LogP contribution in [0.3, 0.4) is 0 Å². The van der Waals surface area contributed by atoms with Gasteiger partial charge in [-0.2, -0.15) is 5.10 Å². The fraction of sp³-hybridized carbons (Fsp3) is 0.0556. The lowest BCUT2D eigenvalue weighted by Gasteiger charge is -2.10. The van der Waals surface area contributed by atoms with Gasteiger partial charge in [0.05, 0.1) is 5.69 Å². The van der Waals surface area contributed by atoms with Crippen LogP contribution < -0.4 is 0 Å². The molecule has 0 radical (unpaired) electrons. The van der Waals surface area contributed by atoms with Crippen molar-refractivity contribution in [3.63, 3.8) is 0 Å². The number of pyridine rings is 2. The molecule has 0 aliphatic carbocycles. The van der Waals surface area contributed by atoms with Gasteiger partial charge in [0.25, 0.3) is 0 Å². The first-order valence-corrected chi connectivity index (χ1v) is 7.24. The lowest BCUT2D eigenvalue weighted by molar-refractivity contribution is 0.619. The van der Waals surface area contributed by atoms with Crippen LogP contribution >= 0.6 is 0 Å². The molecule has 0 saturated heterocycles. The smallest absolute Gasteiger partial charge is 0.155 e. The zero-order chi connectivity index (χ0) is 15.8. The van der Waals surface area contributed by atoms with E-state index in [1.165, 1.54) is 12.4 Å². The van der Waals surface area contributed by atoms with Crippen molar-refractivity contribution in [3.05, 3.63) is 72.6 Å². The van der Waals surface area contributed by atoms with Crippen LogP contribution in [-0.4, -0.2) is 19.6 Å². The van der Waals surface area contributed by atoms with Crippen molar-refractivity contribution in [2.45, 2.75) is 6.92 Å². The summed E-state index contributed by atoms with van der Waals surface area (Å²) in [4.78, 5) is 8.65. The minimum atomic E-state index is -0.213. The standard InChI is InChI=1S/C18H13FN4/c1-12-9-13(4-6-16(12)19)18-15(3-2-8-20-18)14-5-7-17-21-11-22-23(17)10-14/h2-11H,1H3. The van der Waals surface area contributed by atoms with Gasteiger partial charge in [0.1, 0.15) is 12.1 Å². The predicted octanol–water partition coefficient (Wildman–Crippen LogP) is 3.91. The molecule has 0 fully saturated rings. The number of fused-ring (bicyclic) bond motifs is 1. The molecule has 23 heavy (non-hydrogen) atoms. The van der Waals surface area contributed by atoms with Crippen LogP contribution in [0.25, 0.3) is 28.0 Å². The number of aromatic nitrogens is 4. The van der Waals surface area contributed by atoms with E-state index in [0.29, 0.717) is 5.56 Å². The molecule has 112 valence electrons. The van der Waals surface area contributed by atoms with Gasteiger partial charge in [0, 0.05) is 29.1 Å². The molecule has 1 aromatic carbocycles. The van der Waals surface area contributed by atoms with Gasteiger partial charge in [-0.05, 0) is 48.9 Å². The molecule has 4 nitrogen and oxygen atoms in total. The van der Waals surface area contributed by atoms with Crippen molar-refractivity contribution < 1.29 is 4.39 Å². The van der Waals surface area contributed by atoms with Crippen LogP contribution in [0.15, 0.2) is 61.2 Å². The number of hydrogen-bond acceptors (Lipinski definition) is 3. The van der Waals surface area contributed by atoms with Crippen LogP contribution in [0.1, 0.15) is 5.56 Å². The maximum atomic E-state index is 13.5. The Morgan fingerprint density at radius 1 is 1.00 bits per heavy atom. The molecule has 5 heteroatoms. The summed E-state index contributed by atoms with van der Waals surface area (Å²) >= 11 is 0. The molecule has 3 heterocycles. The van der Waals surface area contributed by atoms with E-state index < -0.39 is 0 Å². The van der Waals surface area contributed by atoms with E-state index in [-0.39, 0.29) is 5.82 Å². The van der Waals surface area contributed by atoms with Crippen LogP contribution in [0.5, 0.6) is 0 Å². The highest BCUT2D eigenvalue weighted by Crippen LogP contribution is 2.30. The summed E-state index contributed by atoms with van der Waals surface area (Å²) in [5.74, 6) is -0.213. The first-order chi connectivity index (χ1) is 11.2. The molecule has 0 N–H and O–H groups in total. The molecule has 0 amide bonds. The molecule has 0 atom stereocenters. The Labute approximate surface area is 132 Å². The number of nitrogens with zero attached hydrogens (tertiary/aromatic N) is 4. The molecule has 0 unspecified atom stereocenters. The number of aryl methyl sites for hydroxylation is 1. The second-order valence-electron chi connectivity index (χ2n) is 5.34. The van der Waals surface area contributed by atoms with Crippen LogP contribution in [-0.2, 0) is 0 Å². The topological polar surface area (TPSA) is 43.1 Å². The number of hydrogen-bond donors (Lipinski definition) is 0. The summed E-state index contributed by atoms with van der Waals surface area (Å²) in [6.45, 7) is 1.75. The van der Waals surface area contributed by atoms with Gasteiger partial charge < -0.3 is 0 Å². The highest BCUT2D eigenvalue weighted by Gasteiger charge is 2.11. The summed E-state index contributed by atoms with van der Waals surface area (Å²) in [6.07, 6.45) is 5.18. The first kappa shape index (κ1) is 13.6. The van der Waals surface area contributed by atoms with E-state index in [1.807, 2.05) is 36.5 Å². The van der Waals surface area contributed by atoms with Crippen molar-refractivity contribution in [2.75, 3.05) is 0 Å². The SMILES string of the molecule is Cc1cc(-c2ncccc2-c2ccc3ncnn3c2)ccc1F. The molecule has 4 aromatic rings. The molecular formula is C18H13FN4. The lowest BCUT2D eigenvalue weighted by atomic mass is 9.99. The minimum Gasteiger partial charge on any atom is -0.256 e. The third kappa shape index (κ3) is 2.36. The van der Waals surface area contributed by atoms with Crippen molar-refractivity contribution >= 4 is 5.65 Å². The molecule has 0 aliphatic heterocycles. The third-order valence-electron chi connectivity index (χ3n) is 3.82. The normalized spacial score (nSPS) is 11.0. The zero-order valence-electron chi connectivity index (χ0n) is 12.4. The van der Waals surface area contributed by atoms with Crippen LogP contribution in [0.4, 0.5) is 4.39 Å². The average molecular weight is 304 g/mol. The summed E-state index contributed by atoms with van der Waals surface area (Å²) in [5, 5.41) is 4.17. The second kappa shape index (κ2) is 5.28. The Balaban J connectivity index is 1.90. The fourth-order valence-electron chi connectivity index (χ4n) is 2.64. The van der Waals surface area contributed by atoms with Crippen molar-refractivity contribution in [1.29, 1.82) is 0 Å². The predicted molar refractivity (Wildman–Crippen MR) is 86.3 cm³/mol. The quantitative estimate of drug-likeness (QED) is 0.564. The van der Waals surface area contributed by atoms with E-state index in [4.69, 9.17) is 0 Å². The first-order valence-electron chi connectivity index (χ1n) is 7.24. The van der Waals surface area contributed by atoms with Gasteiger partial charge >= 0.3 is 0 Å². The summed E-state index contributed by atoms with van der Waals surface area (Å²) in [5.41, 5.74) is 5.04. The molecule has 3 aromatic heterocycles. The van der Waals surface area contributed by atoms with Gasteiger partial charge in [-0.15, -0.1) is 0 Å². The van der Waals surface area contributed by atoms with Gasteiger partial charge in [0.15, 0.2) is 5.65 Å². The fourth-order valence-corrected chi connectivity index (χ4v) is 2.64. The molecule has 0 spiro atoms. The second-order valence-corrected chi connectivity index (χ2v) is 5.34. The maximum Gasteiger partial charge on any atom is 0.155 e. The van der Waals surface area contributed by atoms with Gasteiger partial charge in [-0.1, -0.05) is 6.07 Å². The van der Waals surface area contributed by atoms with Gasteiger partial charge in [0.2, 0.25) is 0 Å². The molecule has 4 rings (SSSR count). The van der Waals surface area contributed by atoms with Crippen LogP contribution in [0, 0.1) is 12.7 Å². The van der Waals surface area contributed by atoms with Gasteiger partial charge in [-0.25, -0.2) is 13.9 Å². The van der Waals surface area contributed by atoms with Crippen molar-refractivity contribution in [1.82, 2.24) is 19.6 Å². The maximum absolute atomic E-state index is 13.5. The molecular weight excluding hydrogens is 291 g/mol. The highest BCUT2D eigenvalue weighted by molar-refractivity contribution is 5.80. The Kier molecular flexibility index (Phi) is 3.12. The summed E-state index contributed by atoms with van der Waals surface area (Å²) in [6, 6.07) is 12.8. The lowest BCUT2D eigenvalue weighted by Crippen LogP contribution is -1.93.